The van der Waals surface area contributed by atoms with Crippen LogP contribution < -0.4 is 4.74 Å². The summed E-state index contributed by atoms with van der Waals surface area (Å²) < 4.78 is 12.1. The molecule has 0 bridgehead atoms. The molecule has 1 aliphatic heterocycles. The van der Waals surface area contributed by atoms with Gasteiger partial charge in [0, 0.05) is 55.3 Å². The average molecular weight is 500 g/mol. The summed E-state index contributed by atoms with van der Waals surface area (Å²) in [5.41, 5.74) is 10.4. The van der Waals surface area contributed by atoms with Crippen molar-refractivity contribution in [3.05, 3.63) is 106 Å². The van der Waals surface area contributed by atoms with Crippen LogP contribution in [0.2, 0.25) is 0 Å². The first-order valence-electron chi connectivity index (χ1n) is 12.0. The molecule has 0 saturated carbocycles. The number of carbonyl (C=O) groups excluding carboxylic acids is 1. The van der Waals surface area contributed by atoms with E-state index in [9.17, 15) is 10.3 Å². The lowest BCUT2D eigenvalue weighted by molar-refractivity contribution is -0.137. The van der Waals surface area contributed by atoms with Gasteiger partial charge in [0.15, 0.2) is 11.6 Å². The number of hydrogen-bond acceptors (Lipinski definition) is 6. The smallest absolute Gasteiger partial charge is 0.254 e. The van der Waals surface area contributed by atoms with Crippen molar-refractivity contribution in [2.45, 2.75) is 24.5 Å². The second-order valence-electron chi connectivity index (χ2n) is 8.90. The number of azide groups is 1. The molecular weight excluding hydrogens is 470 g/mol. The number of aliphatic hydroxyl groups is 1. The summed E-state index contributed by atoms with van der Waals surface area (Å²) in [6.07, 6.45) is -0.00965. The normalized spacial score (nSPS) is 18.4. The largest absolute Gasteiger partial charge is 0.494 e. The van der Waals surface area contributed by atoms with Crippen LogP contribution in [-0.2, 0) is 16.0 Å². The molecule has 0 aliphatic carbocycles. The predicted molar refractivity (Wildman–Crippen MR) is 141 cm³/mol. The van der Waals surface area contributed by atoms with Crippen LogP contribution in [0.3, 0.4) is 0 Å². The predicted octanol–water partition coefficient (Wildman–Crippen LogP) is 4.98. The van der Waals surface area contributed by atoms with Crippen LogP contribution in [0.5, 0.6) is 5.75 Å². The van der Waals surface area contributed by atoms with E-state index in [1.807, 2.05) is 48.5 Å². The van der Waals surface area contributed by atoms with Crippen LogP contribution >= 0.6 is 0 Å². The van der Waals surface area contributed by atoms with Gasteiger partial charge in [0.1, 0.15) is 5.75 Å². The maximum atomic E-state index is 13.9. The molecular formula is C28H29N5O4. The Bertz CT molecular complexity index is 1300. The van der Waals surface area contributed by atoms with Crippen LogP contribution in [0.25, 0.3) is 10.4 Å². The van der Waals surface area contributed by atoms with Crippen molar-refractivity contribution >= 4 is 17.5 Å². The first-order valence-corrected chi connectivity index (χ1v) is 12.0. The molecule has 0 aromatic heterocycles. The lowest BCUT2D eigenvalue weighted by Crippen LogP contribution is -2.49. The Labute approximate surface area is 215 Å². The Morgan fingerprint density at radius 1 is 1.11 bits per heavy atom. The van der Waals surface area contributed by atoms with Crippen molar-refractivity contribution in [2.24, 2.45) is 10.1 Å². The van der Waals surface area contributed by atoms with E-state index in [-0.39, 0.29) is 18.9 Å². The van der Waals surface area contributed by atoms with Gasteiger partial charge in [0.05, 0.1) is 6.61 Å². The van der Waals surface area contributed by atoms with Crippen molar-refractivity contribution in [3.63, 3.8) is 0 Å². The standard InChI is InChI=1S/C28H29N5O4/c1-33(2)27(35)28(19-20-9-4-3-5-10-20)25(23-11-6-7-12-24(23)31-32-29)37-26(30-28)21-13-15-22(16-14-21)36-18-8-17-34/h3-7,9-16,25,34H,8,17-19H2,1-2H3/t25-,28-/m1/s1. The van der Waals surface area contributed by atoms with Gasteiger partial charge in [0.2, 0.25) is 5.90 Å². The molecule has 1 amide bonds. The molecule has 9 heteroatoms. The molecule has 0 radical (unpaired) electrons. The first kappa shape index (κ1) is 25.8. The van der Waals surface area contributed by atoms with Gasteiger partial charge < -0.3 is 19.5 Å². The van der Waals surface area contributed by atoms with Crippen LogP contribution in [0.1, 0.15) is 29.2 Å². The van der Waals surface area contributed by atoms with Crippen molar-refractivity contribution in [1.82, 2.24) is 4.90 Å². The van der Waals surface area contributed by atoms with Gasteiger partial charge in [-0.25, -0.2) is 4.99 Å². The summed E-state index contributed by atoms with van der Waals surface area (Å²) in [5.74, 6) is 0.741. The second-order valence-corrected chi connectivity index (χ2v) is 8.90. The Morgan fingerprint density at radius 2 is 1.81 bits per heavy atom. The molecule has 1 heterocycles. The fourth-order valence-electron chi connectivity index (χ4n) is 4.39. The molecule has 2 atom stereocenters. The van der Waals surface area contributed by atoms with Gasteiger partial charge in [-0.1, -0.05) is 59.7 Å². The fourth-order valence-corrected chi connectivity index (χ4v) is 4.39. The van der Waals surface area contributed by atoms with E-state index < -0.39 is 11.6 Å². The summed E-state index contributed by atoms with van der Waals surface area (Å²) >= 11 is 0. The number of likely N-dealkylation sites (N-methyl/N-ethyl adjacent to an activating group) is 1. The average Bonchev–Trinajstić information content (AvgIpc) is 3.29. The lowest BCUT2D eigenvalue weighted by atomic mass is 9.81. The van der Waals surface area contributed by atoms with Gasteiger partial charge in [-0.15, -0.1) is 0 Å². The molecule has 1 N–H and O–H groups in total. The number of benzene rings is 3. The van der Waals surface area contributed by atoms with Crippen LogP contribution in [0.15, 0.2) is 89.0 Å². The van der Waals surface area contributed by atoms with Gasteiger partial charge in [-0.05, 0) is 35.4 Å². The van der Waals surface area contributed by atoms with E-state index in [0.29, 0.717) is 41.5 Å². The molecule has 3 aromatic rings. The number of aliphatic hydroxyl groups excluding tert-OH is 1. The third-order valence-electron chi connectivity index (χ3n) is 6.10. The third kappa shape index (κ3) is 5.58. The number of carbonyl (C=O) groups is 1. The van der Waals surface area contributed by atoms with E-state index in [2.05, 4.69) is 10.0 Å². The van der Waals surface area contributed by atoms with Crippen molar-refractivity contribution < 1.29 is 19.4 Å². The quantitative estimate of drug-likeness (QED) is 0.183. The Balaban J connectivity index is 1.82. The van der Waals surface area contributed by atoms with E-state index in [4.69, 9.17) is 19.6 Å². The van der Waals surface area contributed by atoms with Gasteiger partial charge in [0.25, 0.3) is 5.91 Å². The van der Waals surface area contributed by atoms with E-state index in [1.165, 1.54) is 4.90 Å². The highest BCUT2D eigenvalue weighted by atomic mass is 16.5. The molecule has 0 fully saturated rings. The van der Waals surface area contributed by atoms with Gasteiger partial charge in [-0.3, -0.25) is 4.79 Å². The highest BCUT2D eigenvalue weighted by Crippen LogP contribution is 2.46. The number of ether oxygens (including phenoxy) is 2. The van der Waals surface area contributed by atoms with E-state index >= 15 is 0 Å². The lowest BCUT2D eigenvalue weighted by Gasteiger charge is -2.33. The molecule has 4 rings (SSSR count). The number of nitrogens with zero attached hydrogens (tertiary/aromatic N) is 5. The van der Waals surface area contributed by atoms with Crippen molar-refractivity contribution in [3.8, 4) is 5.75 Å². The summed E-state index contributed by atoms with van der Waals surface area (Å²) in [6, 6.07) is 24.0. The molecule has 0 unspecified atom stereocenters. The highest BCUT2D eigenvalue weighted by Gasteiger charge is 2.54. The highest BCUT2D eigenvalue weighted by molar-refractivity contribution is 6.01. The number of aliphatic imine (C=N–C) groups is 1. The van der Waals surface area contributed by atoms with Crippen LogP contribution in [-0.4, -0.2) is 54.7 Å². The fraction of sp³-hybridized carbons (Fsp3) is 0.286. The maximum absolute atomic E-state index is 13.9. The zero-order valence-corrected chi connectivity index (χ0v) is 20.8. The zero-order valence-electron chi connectivity index (χ0n) is 20.8. The minimum Gasteiger partial charge on any atom is -0.494 e. The first-order chi connectivity index (χ1) is 18.0. The number of hydrogen-bond donors (Lipinski definition) is 1. The molecule has 1 aliphatic rings. The minimum absolute atomic E-state index is 0.0604. The summed E-state index contributed by atoms with van der Waals surface area (Å²) in [4.78, 5) is 23.4. The summed E-state index contributed by atoms with van der Waals surface area (Å²) in [6.45, 7) is 0.466. The molecule has 0 saturated heterocycles. The zero-order chi connectivity index (χ0) is 26.3. The summed E-state index contributed by atoms with van der Waals surface area (Å²) in [7, 11) is 3.38. The molecule has 3 aromatic carbocycles. The SMILES string of the molecule is CN(C)C(=O)[C@]1(Cc2ccccc2)N=C(c2ccc(OCCCO)cc2)O[C@@H]1c1ccccc1N=[N+]=[N-]. The van der Waals surface area contributed by atoms with E-state index in [0.717, 1.165) is 5.56 Å². The Kier molecular flexibility index (Phi) is 8.08. The molecule has 0 spiro atoms. The van der Waals surface area contributed by atoms with Gasteiger partial charge >= 0.3 is 0 Å². The number of amides is 1. The molecule has 190 valence electrons. The topological polar surface area (TPSA) is 120 Å². The molecule has 9 nitrogen and oxygen atoms in total. The Morgan fingerprint density at radius 3 is 2.49 bits per heavy atom. The monoisotopic (exact) mass is 499 g/mol. The molecule has 37 heavy (non-hydrogen) atoms. The third-order valence-corrected chi connectivity index (χ3v) is 6.10. The van der Waals surface area contributed by atoms with E-state index in [1.54, 1.807) is 44.4 Å². The second kappa shape index (κ2) is 11.6. The Hall–Kier alpha value is -4.33. The minimum atomic E-state index is -1.34. The van der Waals surface area contributed by atoms with Crippen molar-refractivity contribution in [2.75, 3.05) is 27.3 Å². The van der Waals surface area contributed by atoms with Crippen molar-refractivity contribution in [1.29, 1.82) is 0 Å². The van der Waals surface area contributed by atoms with Crippen LogP contribution in [0, 0.1) is 0 Å². The maximum Gasteiger partial charge on any atom is 0.254 e. The number of rotatable bonds is 10. The summed E-state index contributed by atoms with van der Waals surface area (Å²) in [5, 5.41) is 12.8. The van der Waals surface area contributed by atoms with Crippen LogP contribution in [0.4, 0.5) is 5.69 Å². The van der Waals surface area contributed by atoms with Gasteiger partial charge in [-0.2, -0.15) is 0 Å².